The van der Waals surface area contributed by atoms with Crippen LogP contribution in [0.1, 0.15) is 17.0 Å². The van der Waals surface area contributed by atoms with E-state index in [1.807, 2.05) is 30.3 Å². The molecule has 0 radical (unpaired) electrons. The van der Waals surface area contributed by atoms with Crippen LogP contribution in [0.3, 0.4) is 0 Å². The zero-order valence-corrected chi connectivity index (χ0v) is 16.9. The summed E-state index contributed by atoms with van der Waals surface area (Å²) in [6, 6.07) is 14.6. The number of carbonyl (C=O) groups is 1. The molecule has 3 heterocycles. The number of hydrogen-bond acceptors (Lipinski definition) is 3. The number of benzene rings is 2. The fraction of sp³-hybridized carbons (Fsp3) is 0.136. The fourth-order valence-electron chi connectivity index (χ4n) is 4.18. The molecule has 1 atom stereocenters. The Labute approximate surface area is 175 Å². The van der Waals surface area contributed by atoms with Gasteiger partial charge < -0.3 is 10.3 Å². The molecule has 8 heteroatoms. The van der Waals surface area contributed by atoms with Crippen LogP contribution in [0, 0.1) is 0 Å². The number of hydrogen-bond donors (Lipinski definition) is 2. The summed E-state index contributed by atoms with van der Waals surface area (Å²) in [5.41, 5.74) is 2.79. The van der Waals surface area contributed by atoms with Crippen LogP contribution in [-0.2, 0) is 18.9 Å². The van der Waals surface area contributed by atoms with E-state index < -0.39 is 17.2 Å². The molecular formula is C22H17ClN4O3. The maximum atomic E-state index is 13.2. The van der Waals surface area contributed by atoms with Crippen LogP contribution < -0.4 is 16.6 Å². The van der Waals surface area contributed by atoms with Crippen molar-refractivity contribution in [2.24, 2.45) is 14.1 Å². The van der Waals surface area contributed by atoms with E-state index in [2.05, 4.69) is 10.3 Å². The molecule has 0 fully saturated rings. The molecule has 1 aliphatic rings. The van der Waals surface area contributed by atoms with Gasteiger partial charge in [0.05, 0.1) is 17.0 Å². The van der Waals surface area contributed by atoms with Crippen molar-refractivity contribution in [1.82, 2.24) is 14.1 Å². The Morgan fingerprint density at radius 1 is 0.967 bits per heavy atom. The van der Waals surface area contributed by atoms with Crippen molar-refractivity contribution < 1.29 is 4.79 Å². The molecule has 0 saturated heterocycles. The maximum absolute atomic E-state index is 13.2. The van der Waals surface area contributed by atoms with E-state index in [0.717, 1.165) is 10.1 Å². The third-order valence-electron chi connectivity index (χ3n) is 5.64. The molecule has 0 aliphatic carbocycles. The number of nitrogens with one attached hydrogen (secondary N) is 2. The average Bonchev–Trinajstić information content (AvgIpc) is 3.28. The first-order chi connectivity index (χ1) is 14.4. The summed E-state index contributed by atoms with van der Waals surface area (Å²) in [6.07, 6.45) is 0. The summed E-state index contributed by atoms with van der Waals surface area (Å²) in [4.78, 5) is 42.0. The Morgan fingerprint density at radius 2 is 1.70 bits per heavy atom. The third kappa shape index (κ3) is 2.48. The molecular weight excluding hydrogens is 404 g/mol. The summed E-state index contributed by atoms with van der Waals surface area (Å²) in [5, 5.41) is 3.69. The molecule has 1 aliphatic heterocycles. The van der Waals surface area contributed by atoms with Gasteiger partial charge >= 0.3 is 5.69 Å². The molecule has 0 spiro atoms. The second kappa shape index (κ2) is 6.47. The molecule has 7 nitrogen and oxygen atoms in total. The van der Waals surface area contributed by atoms with Crippen molar-refractivity contribution in [2.45, 2.75) is 5.92 Å². The third-order valence-corrected chi connectivity index (χ3v) is 5.88. The first-order valence-electron chi connectivity index (χ1n) is 9.35. The summed E-state index contributed by atoms with van der Waals surface area (Å²) < 4.78 is 2.44. The monoisotopic (exact) mass is 420 g/mol. The van der Waals surface area contributed by atoms with Gasteiger partial charge in [-0.2, -0.15) is 0 Å². The van der Waals surface area contributed by atoms with E-state index in [0.29, 0.717) is 38.6 Å². The Hall–Kier alpha value is -3.58. The lowest BCUT2D eigenvalue weighted by Gasteiger charge is -2.12. The SMILES string of the molecule is Cn1c(=O)c2c(C3C(=O)Nc4ccc(Cl)cc43)c(-c3ccccc3)[nH]c2n(C)c1=O. The van der Waals surface area contributed by atoms with Crippen molar-refractivity contribution in [3.05, 3.63) is 85.5 Å². The van der Waals surface area contributed by atoms with Gasteiger partial charge in [0.2, 0.25) is 5.91 Å². The van der Waals surface area contributed by atoms with Crippen LogP contribution >= 0.6 is 11.6 Å². The number of carbonyl (C=O) groups excluding carboxylic acids is 1. The van der Waals surface area contributed by atoms with Crippen LogP contribution in [-0.4, -0.2) is 20.0 Å². The largest absolute Gasteiger partial charge is 0.340 e. The predicted molar refractivity (Wildman–Crippen MR) is 116 cm³/mol. The quantitative estimate of drug-likeness (QED) is 0.522. The minimum atomic E-state index is -0.743. The molecule has 1 unspecified atom stereocenters. The second-order valence-electron chi connectivity index (χ2n) is 7.36. The number of H-pyrrole nitrogens is 1. The number of fused-ring (bicyclic) bond motifs is 2. The van der Waals surface area contributed by atoms with Crippen molar-refractivity contribution in [2.75, 3.05) is 5.32 Å². The first-order valence-corrected chi connectivity index (χ1v) is 9.73. The number of amides is 1. The molecule has 30 heavy (non-hydrogen) atoms. The highest BCUT2D eigenvalue weighted by Gasteiger charge is 2.37. The molecule has 0 bridgehead atoms. The van der Waals surface area contributed by atoms with Crippen molar-refractivity contribution >= 4 is 34.2 Å². The van der Waals surface area contributed by atoms with Crippen LogP contribution in [0.25, 0.3) is 22.3 Å². The van der Waals surface area contributed by atoms with Gasteiger partial charge in [-0.25, -0.2) is 4.79 Å². The molecule has 2 aromatic carbocycles. The Morgan fingerprint density at radius 3 is 2.43 bits per heavy atom. The fourth-order valence-corrected chi connectivity index (χ4v) is 4.36. The number of aromatic amines is 1. The Bertz CT molecular complexity index is 1460. The van der Waals surface area contributed by atoms with Gasteiger partial charge in [0.15, 0.2) is 0 Å². The minimum Gasteiger partial charge on any atom is -0.340 e. The highest BCUT2D eigenvalue weighted by Crippen LogP contribution is 2.44. The lowest BCUT2D eigenvalue weighted by Crippen LogP contribution is -2.37. The van der Waals surface area contributed by atoms with Crippen LogP contribution in [0.15, 0.2) is 58.1 Å². The number of halogens is 1. The first kappa shape index (κ1) is 18.4. The average molecular weight is 421 g/mol. The Balaban J connectivity index is 1.95. The summed E-state index contributed by atoms with van der Waals surface area (Å²) >= 11 is 6.22. The van der Waals surface area contributed by atoms with Gasteiger partial charge in [0.25, 0.3) is 5.56 Å². The van der Waals surface area contributed by atoms with E-state index in [-0.39, 0.29) is 5.91 Å². The minimum absolute atomic E-state index is 0.249. The molecule has 150 valence electrons. The van der Waals surface area contributed by atoms with E-state index in [1.54, 1.807) is 25.2 Å². The van der Waals surface area contributed by atoms with Gasteiger partial charge in [0.1, 0.15) is 5.65 Å². The lowest BCUT2D eigenvalue weighted by molar-refractivity contribution is -0.116. The van der Waals surface area contributed by atoms with E-state index in [4.69, 9.17) is 11.6 Å². The second-order valence-corrected chi connectivity index (χ2v) is 7.80. The summed E-state index contributed by atoms with van der Waals surface area (Å²) in [6.45, 7) is 0. The maximum Gasteiger partial charge on any atom is 0.332 e. The normalized spacial score (nSPS) is 15.4. The number of aryl methyl sites for hydroxylation is 1. The number of rotatable bonds is 2. The van der Waals surface area contributed by atoms with E-state index in [9.17, 15) is 14.4 Å². The van der Waals surface area contributed by atoms with Crippen molar-refractivity contribution in [1.29, 1.82) is 0 Å². The lowest BCUT2D eigenvalue weighted by atomic mass is 9.89. The number of nitrogens with zero attached hydrogens (tertiary/aromatic N) is 2. The molecule has 5 rings (SSSR count). The predicted octanol–water partition coefficient (Wildman–Crippen LogP) is 2.97. The molecule has 2 aromatic heterocycles. The van der Waals surface area contributed by atoms with Gasteiger partial charge in [-0.15, -0.1) is 0 Å². The molecule has 2 N–H and O–H groups in total. The van der Waals surface area contributed by atoms with Crippen LogP contribution in [0.2, 0.25) is 5.02 Å². The van der Waals surface area contributed by atoms with Crippen molar-refractivity contribution in [3.8, 4) is 11.3 Å². The molecule has 1 amide bonds. The Kier molecular flexibility index (Phi) is 3.98. The summed E-state index contributed by atoms with van der Waals surface area (Å²) in [5.74, 6) is -0.992. The highest BCUT2D eigenvalue weighted by atomic mass is 35.5. The molecule has 0 saturated carbocycles. The highest BCUT2D eigenvalue weighted by molar-refractivity contribution is 6.31. The number of aromatic nitrogens is 3. The van der Waals surface area contributed by atoms with Crippen LogP contribution in [0.4, 0.5) is 5.69 Å². The topological polar surface area (TPSA) is 88.9 Å². The summed E-state index contributed by atoms with van der Waals surface area (Å²) in [7, 11) is 3.03. The van der Waals surface area contributed by atoms with E-state index >= 15 is 0 Å². The van der Waals surface area contributed by atoms with Crippen LogP contribution in [0.5, 0.6) is 0 Å². The number of anilines is 1. The smallest absolute Gasteiger partial charge is 0.332 e. The van der Waals surface area contributed by atoms with Gasteiger partial charge in [-0.05, 0) is 29.3 Å². The zero-order chi connectivity index (χ0) is 21.2. The van der Waals surface area contributed by atoms with Gasteiger partial charge in [-0.1, -0.05) is 41.9 Å². The van der Waals surface area contributed by atoms with Gasteiger partial charge in [-0.3, -0.25) is 18.7 Å². The molecule has 4 aromatic rings. The van der Waals surface area contributed by atoms with Crippen molar-refractivity contribution in [3.63, 3.8) is 0 Å². The standard InChI is InChI=1S/C22H17ClN4O3/c1-26-19-17(21(29)27(2)22(26)30)16(18(25-19)11-6-4-3-5-7-11)15-13-10-12(23)8-9-14(13)24-20(15)28/h3-10,15,25H,1-2H3,(H,24,28). The zero-order valence-electron chi connectivity index (χ0n) is 16.2. The van der Waals surface area contributed by atoms with Gasteiger partial charge in [0, 0.05) is 30.4 Å². The van der Waals surface area contributed by atoms with E-state index in [1.165, 1.54) is 11.6 Å².